The molecule has 1 saturated heterocycles. The van der Waals surface area contributed by atoms with Crippen molar-refractivity contribution in [1.82, 2.24) is 9.88 Å². The van der Waals surface area contributed by atoms with E-state index in [0.29, 0.717) is 13.1 Å². The van der Waals surface area contributed by atoms with Crippen LogP contribution in [0.25, 0.3) is 0 Å². The average molecular weight is 363 g/mol. The zero-order valence-corrected chi connectivity index (χ0v) is 13.7. The quantitative estimate of drug-likeness (QED) is 0.907. The fourth-order valence-electron chi connectivity index (χ4n) is 2.73. The number of alkyl halides is 3. The Hall–Kier alpha value is -2.90. The van der Waals surface area contributed by atoms with Crippen LogP contribution in [0.2, 0.25) is 0 Å². The third-order valence-electron chi connectivity index (χ3n) is 4.04. The van der Waals surface area contributed by atoms with Gasteiger partial charge in [0.1, 0.15) is 11.4 Å². The number of anilines is 1. The number of aromatic nitrogens is 1. The van der Waals surface area contributed by atoms with Crippen molar-refractivity contribution in [1.29, 1.82) is 0 Å². The van der Waals surface area contributed by atoms with E-state index in [1.54, 1.807) is 4.90 Å². The highest BCUT2D eigenvalue weighted by atomic mass is 19.4. The first-order chi connectivity index (χ1) is 12.3. The summed E-state index contributed by atoms with van der Waals surface area (Å²) in [5.74, 6) is -0.934. The van der Waals surface area contributed by atoms with E-state index in [2.05, 4.69) is 10.3 Å². The lowest BCUT2D eigenvalue weighted by Crippen LogP contribution is -2.29. The summed E-state index contributed by atoms with van der Waals surface area (Å²) in [5.41, 5.74) is -0.750. The fourth-order valence-corrected chi connectivity index (χ4v) is 2.73. The van der Waals surface area contributed by atoms with Crippen LogP contribution in [0.15, 0.2) is 42.5 Å². The molecule has 3 rings (SSSR count). The highest BCUT2D eigenvalue weighted by Crippen LogP contribution is 2.30. The van der Waals surface area contributed by atoms with Crippen molar-refractivity contribution < 1.29 is 22.8 Å². The standard InChI is InChI=1S/C18H16F3N3O2/c19-18(20,21)12-5-3-6-13(11-12)22-16(25)14-7-4-8-15(23-14)17(26)24-9-1-2-10-24/h3-8,11H,1-2,9-10H2,(H,22,25). The Labute approximate surface area is 147 Å². The fraction of sp³-hybridized carbons (Fsp3) is 0.278. The number of amides is 2. The molecule has 1 N–H and O–H groups in total. The number of benzene rings is 1. The number of nitrogens with zero attached hydrogens (tertiary/aromatic N) is 2. The zero-order valence-electron chi connectivity index (χ0n) is 13.7. The third kappa shape index (κ3) is 4.01. The number of carbonyl (C=O) groups is 2. The lowest BCUT2D eigenvalue weighted by Gasteiger charge is -2.15. The highest BCUT2D eigenvalue weighted by Gasteiger charge is 2.30. The van der Waals surface area contributed by atoms with Gasteiger partial charge in [-0.1, -0.05) is 12.1 Å². The van der Waals surface area contributed by atoms with Crippen molar-refractivity contribution in [2.45, 2.75) is 19.0 Å². The molecule has 1 aromatic heterocycles. The summed E-state index contributed by atoms with van der Waals surface area (Å²) in [4.78, 5) is 30.4. The van der Waals surface area contributed by atoms with E-state index in [1.807, 2.05) is 0 Å². The Morgan fingerprint density at radius 1 is 1.00 bits per heavy atom. The number of nitrogens with one attached hydrogen (secondary N) is 1. The number of hydrogen-bond donors (Lipinski definition) is 1. The lowest BCUT2D eigenvalue weighted by molar-refractivity contribution is -0.137. The van der Waals surface area contributed by atoms with E-state index in [0.717, 1.165) is 25.0 Å². The first-order valence-electron chi connectivity index (χ1n) is 8.09. The van der Waals surface area contributed by atoms with Crippen LogP contribution in [0.5, 0.6) is 0 Å². The topological polar surface area (TPSA) is 62.3 Å². The predicted molar refractivity (Wildman–Crippen MR) is 88.8 cm³/mol. The molecule has 2 aromatic rings. The van der Waals surface area contributed by atoms with Crippen molar-refractivity contribution in [2.75, 3.05) is 18.4 Å². The molecular formula is C18H16F3N3O2. The van der Waals surface area contributed by atoms with Crippen molar-refractivity contribution in [3.8, 4) is 0 Å². The SMILES string of the molecule is O=C(Nc1cccc(C(F)(F)F)c1)c1cccc(C(=O)N2CCCC2)n1. The normalized spacial score (nSPS) is 14.3. The summed E-state index contributed by atoms with van der Waals surface area (Å²) < 4.78 is 38.3. The van der Waals surface area contributed by atoms with E-state index in [9.17, 15) is 22.8 Å². The van der Waals surface area contributed by atoms with Crippen LogP contribution in [0.1, 0.15) is 39.4 Å². The molecule has 0 spiro atoms. The van der Waals surface area contributed by atoms with E-state index >= 15 is 0 Å². The molecule has 2 amide bonds. The van der Waals surface area contributed by atoms with Gasteiger partial charge in [0.05, 0.1) is 5.56 Å². The van der Waals surface area contributed by atoms with Gasteiger partial charge < -0.3 is 10.2 Å². The molecule has 0 atom stereocenters. The van der Waals surface area contributed by atoms with Crippen molar-refractivity contribution in [2.24, 2.45) is 0 Å². The van der Waals surface area contributed by atoms with Crippen molar-refractivity contribution in [3.63, 3.8) is 0 Å². The van der Waals surface area contributed by atoms with Gasteiger partial charge in [0.15, 0.2) is 0 Å². The monoisotopic (exact) mass is 363 g/mol. The van der Waals surface area contributed by atoms with Crippen molar-refractivity contribution in [3.05, 3.63) is 59.4 Å². The van der Waals surface area contributed by atoms with Crippen LogP contribution < -0.4 is 5.32 Å². The van der Waals surface area contributed by atoms with Gasteiger partial charge in [-0.2, -0.15) is 13.2 Å². The maximum atomic E-state index is 12.8. The summed E-state index contributed by atoms with van der Waals surface area (Å²) in [7, 11) is 0. The van der Waals surface area contributed by atoms with Gasteiger partial charge in [-0.25, -0.2) is 4.98 Å². The van der Waals surface area contributed by atoms with Gasteiger partial charge in [-0.3, -0.25) is 9.59 Å². The van der Waals surface area contributed by atoms with Crippen LogP contribution >= 0.6 is 0 Å². The Kier molecular flexibility index (Phi) is 4.92. The van der Waals surface area contributed by atoms with Gasteiger partial charge in [-0.15, -0.1) is 0 Å². The largest absolute Gasteiger partial charge is 0.416 e. The highest BCUT2D eigenvalue weighted by molar-refractivity contribution is 6.03. The van der Waals surface area contributed by atoms with Crippen LogP contribution in [-0.2, 0) is 6.18 Å². The van der Waals surface area contributed by atoms with Crippen molar-refractivity contribution >= 4 is 17.5 Å². The van der Waals surface area contributed by atoms with Gasteiger partial charge in [-0.05, 0) is 43.2 Å². The number of hydrogen-bond acceptors (Lipinski definition) is 3. The molecule has 2 heterocycles. The molecular weight excluding hydrogens is 347 g/mol. The summed E-state index contributed by atoms with van der Waals surface area (Å²) in [5, 5.41) is 2.38. The molecule has 0 aliphatic carbocycles. The first kappa shape index (κ1) is 17.9. The maximum Gasteiger partial charge on any atom is 0.416 e. The molecule has 0 saturated carbocycles. The minimum absolute atomic E-state index is 0.00268. The van der Waals surface area contributed by atoms with Gasteiger partial charge in [0.2, 0.25) is 0 Å². The number of likely N-dealkylation sites (tertiary alicyclic amines) is 1. The van der Waals surface area contributed by atoms with E-state index in [4.69, 9.17) is 0 Å². The molecule has 0 radical (unpaired) electrons. The Morgan fingerprint density at radius 3 is 2.35 bits per heavy atom. The van der Waals surface area contributed by atoms with Crippen LogP contribution in [-0.4, -0.2) is 34.8 Å². The minimum atomic E-state index is -4.50. The van der Waals surface area contributed by atoms with E-state index < -0.39 is 17.6 Å². The van der Waals surface area contributed by atoms with Crippen LogP contribution in [0.4, 0.5) is 18.9 Å². The molecule has 5 nitrogen and oxygen atoms in total. The average Bonchev–Trinajstić information content (AvgIpc) is 3.15. The molecule has 0 unspecified atom stereocenters. The molecule has 1 fully saturated rings. The summed E-state index contributed by atoms with van der Waals surface area (Å²) >= 11 is 0. The third-order valence-corrected chi connectivity index (χ3v) is 4.04. The number of pyridine rings is 1. The number of halogens is 3. The smallest absolute Gasteiger partial charge is 0.337 e. The van der Waals surface area contributed by atoms with Gasteiger partial charge >= 0.3 is 6.18 Å². The summed E-state index contributed by atoms with van der Waals surface area (Å²) in [6, 6.07) is 8.77. The molecule has 26 heavy (non-hydrogen) atoms. The zero-order chi connectivity index (χ0) is 18.7. The molecule has 1 aromatic carbocycles. The second-order valence-electron chi connectivity index (χ2n) is 5.94. The number of rotatable bonds is 3. The molecule has 8 heteroatoms. The summed E-state index contributed by atoms with van der Waals surface area (Å²) in [6.45, 7) is 1.31. The first-order valence-corrected chi connectivity index (χ1v) is 8.09. The van der Waals surface area contributed by atoms with E-state index in [-0.39, 0.29) is 23.0 Å². The number of carbonyl (C=O) groups excluding carboxylic acids is 2. The molecule has 1 aliphatic rings. The molecule has 0 bridgehead atoms. The summed E-state index contributed by atoms with van der Waals surface area (Å²) in [6.07, 6.45) is -2.63. The maximum absolute atomic E-state index is 12.8. The second kappa shape index (κ2) is 7.15. The lowest BCUT2D eigenvalue weighted by atomic mass is 10.2. The Bertz CT molecular complexity index is 830. The minimum Gasteiger partial charge on any atom is -0.337 e. The van der Waals surface area contributed by atoms with E-state index in [1.165, 1.54) is 30.3 Å². The predicted octanol–water partition coefficient (Wildman–Crippen LogP) is 3.59. The van der Waals surface area contributed by atoms with Gasteiger partial charge in [0, 0.05) is 18.8 Å². The Balaban J connectivity index is 1.76. The van der Waals surface area contributed by atoms with Gasteiger partial charge in [0.25, 0.3) is 11.8 Å². The van der Waals surface area contributed by atoms with Crippen LogP contribution in [0.3, 0.4) is 0 Å². The second-order valence-corrected chi connectivity index (χ2v) is 5.94. The Morgan fingerprint density at radius 2 is 1.65 bits per heavy atom. The molecule has 136 valence electrons. The molecule has 1 aliphatic heterocycles. The van der Waals surface area contributed by atoms with Crippen LogP contribution in [0, 0.1) is 0 Å².